The van der Waals surface area contributed by atoms with Crippen LogP contribution in [0.3, 0.4) is 0 Å². The van der Waals surface area contributed by atoms with Crippen LogP contribution in [-0.2, 0) is 4.79 Å². The summed E-state index contributed by atoms with van der Waals surface area (Å²) in [6.07, 6.45) is 3.55. The summed E-state index contributed by atoms with van der Waals surface area (Å²) >= 11 is 0. The highest BCUT2D eigenvalue weighted by Gasteiger charge is 2.18. The Balaban J connectivity index is 1.53. The first-order valence-electron chi connectivity index (χ1n) is 11.9. The van der Waals surface area contributed by atoms with Gasteiger partial charge >= 0.3 is 17.9 Å². The lowest BCUT2D eigenvalue weighted by Crippen LogP contribution is -2.20. The second-order valence-corrected chi connectivity index (χ2v) is 8.17. The molecule has 0 spiro atoms. The number of benzene rings is 3. The van der Waals surface area contributed by atoms with Crippen molar-refractivity contribution in [2.75, 3.05) is 7.11 Å². The second-order valence-electron chi connectivity index (χ2n) is 8.17. The van der Waals surface area contributed by atoms with E-state index in [1.54, 1.807) is 55.6 Å². The van der Waals surface area contributed by atoms with E-state index in [9.17, 15) is 14.4 Å². The summed E-state index contributed by atoms with van der Waals surface area (Å²) in [7, 11) is 1.55. The van der Waals surface area contributed by atoms with Gasteiger partial charge in [0.1, 0.15) is 23.0 Å². The van der Waals surface area contributed by atoms with Crippen molar-refractivity contribution in [1.29, 1.82) is 0 Å². The van der Waals surface area contributed by atoms with Crippen molar-refractivity contribution in [2.45, 2.75) is 39.5 Å². The van der Waals surface area contributed by atoms with Gasteiger partial charge in [0.25, 0.3) is 0 Å². The zero-order valence-electron chi connectivity index (χ0n) is 20.7. The maximum atomic E-state index is 12.5. The normalized spacial score (nSPS) is 11.3. The van der Waals surface area contributed by atoms with Gasteiger partial charge in [-0.05, 0) is 85.6 Å². The molecule has 0 saturated heterocycles. The highest BCUT2D eigenvalue weighted by Crippen LogP contribution is 2.22. The fraction of sp³-hybridized carbons (Fsp3) is 0.276. The summed E-state index contributed by atoms with van der Waals surface area (Å²) < 4.78 is 21.3. The predicted molar refractivity (Wildman–Crippen MR) is 135 cm³/mol. The van der Waals surface area contributed by atoms with Gasteiger partial charge in [-0.15, -0.1) is 0 Å². The van der Waals surface area contributed by atoms with E-state index in [1.165, 1.54) is 24.3 Å². The Labute approximate surface area is 210 Å². The number of ether oxygens (including phenoxy) is 4. The number of carbonyl (C=O) groups excluding carboxylic acids is 3. The zero-order chi connectivity index (χ0) is 25.9. The standard InChI is InChI=1S/C29H30O7/c1-4-6-7-20(5-2)27(30)34-25-16-18-26(19-17-25)36-29(32)22-10-14-24(15-11-22)35-28(31)21-8-12-23(33-3)13-9-21/h8-20H,4-7H2,1-3H3. The molecule has 7 nitrogen and oxygen atoms in total. The number of esters is 3. The molecule has 1 atom stereocenters. The number of methoxy groups -OCH3 is 1. The van der Waals surface area contributed by atoms with E-state index in [4.69, 9.17) is 18.9 Å². The van der Waals surface area contributed by atoms with E-state index in [0.717, 1.165) is 25.7 Å². The number of unbranched alkanes of at least 4 members (excludes halogenated alkanes) is 1. The van der Waals surface area contributed by atoms with Crippen molar-refractivity contribution < 1.29 is 33.3 Å². The first kappa shape index (κ1) is 26.5. The molecule has 0 aliphatic rings. The third-order valence-corrected chi connectivity index (χ3v) is 5.61. The minimum atomic E-state index is -0.571. The quantitative estimate of drug-likeness (QED) is 0.232. The molecular formula is C29H30O7. The number of hydrogen-bond acceptors (Lipinski definition) is 7. The van der Waals surface area contributed by atoms with E-state index in [-0.39, 0.29) is 17.5 Å². The van der Waals surface area contributed by atoms with Crippen molar-refractivity contribution in [1.82, 2.24) is 0 Å². The highest BCUT2D eigenvalue weighted by molar-refractivity contribution is 5.92. The van der Waals surface area contributed by atoms with Crippen LogP contribution >= 0.6 is 0 Å². The molecule has 0 fully saturated rings. The molecule has 3 aromatic carbocycles. The molecule has 0 aliphatic carbocycles. The summed E-state index contributed by atoms with van der Waals surface area (Å²) in [6.45, 7) is 4.06. The Bertz CT molecular complexity index is 1150. The molecule has 0 aliphatic heterocycles. The molecule has 3 aromatic rings. The summed E-state index contributed by atoms with van der Waals surface area (Å²) in [4.78, 5) is 37.1. The Kier molecular flexibility index (Phi) is 9.63. The highest BCUT2D eigenvalue weighted by atomic mass is 16.5. The van der Waals surface area contributed by atoms with E-state index in [0.29, 0.717) is 28.6 Å². The van der Waals surface area contributed by atoms with Crippen molar-refractivity contribution >= 4 is 17.9 Å². The smallest absolute Gasteiger partial charge is 0.343 e. The van der Waals surface area contributed by atoms with E-state index < -0.39 is 11.9 Å². The molecule has 1 unspecified atom stereocenters. The molecule has 36 heavy (non-hydrogen) atoms. The van der Waals surface area contributed by atoms with Crippen molar-refractivity contribution in [3.8, 4) is 23.0 Å². The minimum Gasteiger partial charge on any atom is -0.497 e. The summed E-state index contributed by atoms with van der Waals surface area (Å²) in [5.74, 6) is 0.179. The van der Waals surface area contributed by atoms with Crippen LogP contribution in [0.2, 0.25) is 0 Å². The van der Waals surface area contributed by atoms with Gasteiger partial charge in [0, 0.05) is 0 Å². The first-order valence-corrected chi connectivity index (χ1v) is 11.9. The molecule has 0 radical (unpaired) electrons. The maximum absolute atomic E-state index is 12.5. The number of rotatable bonds is 11. The number of carbonyl (C=O) groups is 3. The summed E-state index contributed by atoms with van der Waals surface area (Å²) in [6, 6.07) is 18.9. The van der Waals surface area contributed by atoms with Gasteiger partial charge in [0.15, 0.2) is 0 Å². The van der Waals surface area contributed by atoms with Crippen molar-refractivity contribution in [3.05, 3.63) is 83.9 Å². The molecule has 3 rings (SSSR count). The van der Waals surface area contributed by atoms with Gasteiger partial charge in [0.05, 0.1) is 24.2 Å². The summed E-state index contributed by atoms with van der Waals surface area (Å²) in [5, 5.41) is 0. The number of hydrogen-bond donors (Lipinski definition) is 0. The summed E-state index contributed by atoms with van der Waals surface area (Å²) in [5.41, 5.74) is 0.663. The lowest BCUT2D eigenvalue weighted by molar-refractivity contribution is -0.139. The van der Waals surface area contributed by atoms with Crippen LogP contribution in [0.1, 0.15) is 60.2 Å². The molecule has 0 bridgehead atoms. The van der Waals surface area contributed by atoms with Crippen LogP contribution in [0.25, 0.3) is 0 Å². The lowest BCUT2D eigenvalue weighted by Gasteiger charge is -2.13. The third kappa shape index (κ3) is 7.43. The average Bonchev–Trinajstić information content (AvgIpc) is 2.90. The van der Waals surface area contributed by atoms with E-state index in [1.807, 2.05) is 6.92 Å². The van der Waals surface area contributed by atoms with Gasteiger partial charge in [0.2, 0.25) is 0 Å². The van der Waals surface area contributed by atoms with Crippen LogP contribution in [0, 0.1) is 5.92 Å². The van der Waals surface area contributed by atoms with Gasteiger partial charge in [-0.1, -0.05) is 26.7 Å². The average molecular weight is 491 g/mol. The second kappa shape index (κ2) is 13.1. The van der Waals surface area contributed by atoms with E-state index >= 15 is 0 Å². The molecule has 7 heteroatoms. The molecular weight excluding hydrogens is 460 g/mol. The first-order chi connectivity index (χ1) is 17.4. The Hall–Kier alpha value is -4.13. The molecule has 0 heterocycles. The minimum absolute atomic E-state index is 0.124. The fourth-order valence-corrected chi connectivity index (χ4v) is 3.43. The lowest BCUT2D eigenvalue weighted by atomic mass is 10.00. The molecule has 188 valence electrons. The Morgan fingerprint density at radius 2 is 1.06 bits per heavy atom. The fourth-order valence-electron chi connectivity index (χ4n) is 3.43. The van der Waals surface area contributed by atoms with Crippen LogP contribution < -0.4 is 18.9 Å². The van der Waals surface area contributed by atoms with Crippen LogP contribution in [0.4, 0.5) is 0 Å². The zero-order valence-corrected chi connectivity index (χ0v) is 20.7. The Morgan fingerprint density at radius 1 is 0.639 bits per heavy atom. The third-order valence-electron chi connectivity index (χ3n) is 5.61. The van der Waals surface area contributed by atoms with Gasteiger partial charge in [-0.25, -0.2) is 9.59 Å². The van der Waals surface area contributed by atoms with Crippen LogP contribution in [0.15, 0.2) is 72.8 Å². The Morgan fingerprint density at radius 3 is 1.47 bits per heavy atom. The van der Waals surface area contributed by atoms with Gasteiger partial charge < -0.3 is 18.9 Å². The van der Waals surface area contributed by atoms with Gasteiger partial charge in [-0.2, -0.15) is 0 Å². The monoisotopic (exact) mass is 490 g/mol. The van der Waals surface area contributed by atoms with E-state index in [2.05, 4.69) is 6.92 Å². The van der Waals surface area contributed by atoms with Crippen LogP contribution in [-0.4, -0.2) is 25.0 Å². The van der Waals surface area contributed by atoms with Crippen molar-refractivity contribution in [2.24, 2.45) is 5.92 Å². The molecule has 0 N–H and O–H groups in total. The van der Waals surface area contributed by atoms with Gasteiger partial charge in [-0.3, -0.25) is 4.79 Å². The topological polar surface area (TPSA) is 88.1 Å². The predicted octanol–water partition coefficient (Wildman–Crippen LogP) is 6.26. The molecule has 0 saturated carbocycles. The van der Waals surface area contributed by atoms with Crippen molar-refractivity contribution in [3.63, 3.8) is 0 Å². The largest absolute Gasteiger partial charge is 0.497 e. The van der Waals surface area contributed by atoms with Crippen LogP contribution in [0.5, 0.6) is 23.0 Å². The molecule has 0 aromatic heterocycles. The molecule has 0 amide bonds. The maximum Gasteiger partial charge on any atom is 0.343 e. The SMILES string of the molecule is CCCCC(CC)C(=O)Oc1ccc(OC(=O)c2ccc(OC(=O)c3ccc(OC)cc3)cc2)cc1.